The van der Waals surface area contributed by atoms with Crippen molar-refractivity contribution in [3.63, 3.8) is 0 Å². The van der Waals surface area contributed by atoms with Crippen molar-refractivity contribution in [2.75, 3.05) is 0 Å². The Hall–Kier alpha value is -0.393. The molecule has 1 amide bonds. The summed E-state index contributed by atoms with van der Waals surface area (Å²) in [6.45, 7) is 7.47. The predicted molar refractivity (Wildman–Crippen MR) is 57.4 cm³/mol. The lowest BCUT2D eigenvalue weighted by Crippen LogP contribution is -2.55. The number of hydrogen-bond acceptors (Lipinski definition) is 3. The van der Waals surface area contributed by atoms with Gasteiger partial charge in [-0.15, -0.1) is 0 Å². The number of carbonyl (C=O) groups is 1. The van der Waals surface area contributed by atoms with Gasteiger partial charge >= 0.3 is 8.72 Å². The van der Waals surface area contributed by atoms with Gasteiger partial charge in [-0.3, -0.25) is 4.79 Å². The molecule has 0 saturated heterocycles. The smallest absolute Gasteiger partial charge is 0.395 e. The lowest BCUT2D eigenvalue weighted by Gasteiger charge is -2.20. The summed E-state index contributed by atoms with van der Waals surface area (Å²) in [7, 11) is -3.49. The van der Waals surface area contributed by atoms with Gasteiger partial charge in [0.25, 0.3) is 0 Å². The van der Waals surface area contributed by atoms with E-state index in [0.29, 0.717) is 12.0 Å². The minimum Gasteiger partial charge on any atom is -0.395 e. The second-order valence-electron chi connectivity index (χ2n) is 4.39. The number of rotatable bonds is 5. The molecule has 0 heterocycles. The summed E-state index contributed by atoms with van der Waals surface area (Å²) in [6.07, 6.45) is 0.720. The van der Waals surface area contributed by atoms with Crippen molar-refractivity contribution in [2.24, 2.45) is 11.8 Å². The number of hydrogen-bond donors (Lipinski definition) is 3. The van der Waals surface area contributed by atoms with Gasteiger partial charge in [0.05, 0.1) is 0 Å². The normalized spacial score (nSPS) is 12.3. The van der Waals surface area contributed by atoms with E-state index < -0.39 is 8.72 Å². The van der Waals surface area contributed by atoms with Crippen LogP contribution in [0.3, 0.4) is 0 Å². The molecular weight excluding hydrogens is 198 g/mol. The van der Waals surface area contributed by atoms with Crippen molar-refractivity contribution in [3.05, 3.63) is 0 Å². The highest BCUT2D eigenvalue weighted by Crippen LogP contribution is 2.10. The molecule has 0 rings (SSSR count). The molecule has 0 aliphatic rings. The topological polar surface area (TPSA) is 69.6 Å². The van der Waals surface area contributed by atoms with Crippen LogP contribution in [0.15, 0.2) is 0 Å². The predicted octanol–water partition coefficient (Wildman–Crippen LogP) is 0.728. The SMILES string of the molecule is CC(C)CC[Si](O)(O)NC(=O)C(C)C. The molecular formula is C9H21NO3Si. The largest absolute Gasteiger partial charge is 0.453 e. The number of carbonyl (C=O) groups excluding carboxylic acids is 1. The quantitative estimate of drug-likeness (QED) is 0.597. The number of nitrogens with one attached hydrogen (secondary N) is 1. The Morgan fingerprint density at radius 3 is 2.14 bits per heavy atom. The van der Waals surface area contributed by atoms with Gasteiger partial charge in [-0.2, -0.15) is 0 Å². The molecule has 0 spiro atoms. The molecule has 3 N–H and O–H groups in total. The highest BCUT2D eigenvalue weighted by Gasteiger charge is 2.32. The highest BCUT2D eigenvalue weighted by molar-refractivity contribution is 6.64. The summed E-state index contributed by atoms with van der Waals surface area (Å²) < 4.78 is 0. The fraction of sp³-hybridized carbons (Fsp3) is 0.889. The first-order valence-electron chi connectivity index (χ1n) is 5.01. The fourth-order valence-corrected chi connectivity index (χ4v) is 2.68. The third-order valence-electron chi connectivity index (χ3n) is 1.92. The van der Waals surface area contributed by atoms with Gasteiger partial charge in [0.2, 0.25) is 5.91 Å². The summed E-state index contributed by atoms with van der Waals surface area (Å²) in [5.41, 5.74) is 0. The van der Waals surface area contributed by atoms with Gasteiger partial charge < -0.3 is 14.6 Å². The first kappa shape index (κ1) is 13.6. The Morgan fingerprint density at radius 1 is 1.29 bits per heavy atom. The molecule has 0 aliphatic carbocycles. The van der Waals surface area contributed by atoms with Crippen molar-refractivity contribution in [1.29, 1.82) is 0 Å². The molecule has 0 saturated carbocycles. The van der Waals surface area contributed by atoms with Crippen LogP contribution in [-0.4, -0.2) is 24.2 Å². The lowest BCUT2D eigenvalue weighted by atomic mass is 10.2. The Labute approximate surface area is 86.7 Å². The summed E-state index contributed by atoms with van der Waals surface area (Å²) >= 11 is 0. The fourth-order valence-electron chi connectivity index (χ4n) is 0.894. The Balaban J connectivity index is 4.00. The van der Waals surface area contributed by atoms with Crippen molar-refractivity contribution in [1.82, 2.24) is 4.98 Å². The molecule has 0 radical (unpaired) electrons. The number of amides is 1. The highest BCUT2D eigenvalue weighted by atomic mass is 28.4. The minimum absolute atomic E-state index is 0.208. The zero-order valence-electron chi connectivity index (χ0n) is 9.37. The molecule has 0 aromatic heterocycles. The van der Waals surface area contributed by atoms with Gasteiger partial charge in [0, 0.05) is 12.0 Å². The average molecular weight is 219 g/mol. The Bertz CT molecular complexity index is 192. The van der Waals surface area contributed by atoms with Crippen LogP contribution in [0.4, 0.5) is 0 Å². The van der Waals surface area contributed by atoms with Gasteiger partial charge in [-0.1, -0.05) is 27.7 Å². The van der Waals surface area contributed by atoms with Gasteiger partial charge in [-0.25, -0.2) is 0 Å². The van der Waals surface area contributed by atoms with Gasteiger partial charge in [0.15, 0.2) is 0 Å². The molecule has 0 fully saturated rings. The van der Waals surface area contributed by atoms with Crippen molar-refractivity contribution < 1.29 is 14.4 Å². The summed E-state index contributed by atoms with van der Waals surface area (Å²) in [5, 5.41) is 0. The first-order chi connectivity index (χ1) is 6.24. The van der Waals surface area contributed by atoms with E-state index in [2.05, 4.69) is 4.98 Å². The first-order valence-corrected chi connectivity index (χ1v) is 7.11. The van der Waals surface area contributed by atoms with Crippen LogP contribution in [0.25, 0.3) is 0 Å². The molecule has 5 heteroatoms. The van der Waals surface area contributed by atoms with Crippen LogP contribution < -0.4 is 4.98 Å². The molecule has 0 aromatic rings. The van der Waals surface area contributed by atoms with Crippen LogP contribution in [0.1, 0.15) is 34.1 Å². The maximum absolute atomic E-state index is 11.2. The van der Waals surface area contributed by atoms with Crippen LogP contribution in [0, 0.1) is 11.8 Å². The van der Waals surface area contributed by atoms with Crippen LogP contribution >= 0.6 is 0 Å². The van der Waals surface area contributed by atoms with E-state index in [4.69, 9.17) is 0 Å². The summed E-state index contributed by atoms with van der Waals surface area (Å²) in [4.78, 5) is 32.6. The maximum Gasteiger partial charge on any atom is 0.453 e. The van der Waals surface area contributed by atoms with Gasteiger partial charge in [0.1, 0.15) is 0 Å². The van der Waals surface area contributed by atoms with E-state index in [1.165, 1.54) is 0 Å². The monoisotopic (exact) mass is 219 g/mol. The van der Waals surface area contributed by atoms with Crippen molar-refractivity contribution in [2.45, 2.75) is 40.2 Å². The maximum atomic E-state index is 11.2. The molecule has 0 atom stereocenters. The van der Waals surface area contributed by atoms with E-state index in [0.717, 1.165) is 6.42 Å². The molecule has 84 valence electrons. The molecule has 0 aromatic carbocycles. The van der Waals surface area contributed by atoms with Crippen LogP contribution in [0.5, 0.6) is 0 Å². The lowest BCUT2D eigenvalue weighted by molar-refractivity contribution is -0.123. The molecule has 0 aliphatic heterocycles. The molecule has 4 nitrogen and oxygen atoms in total. The zero-order chi connectivity index (χ0) is 11.4. The molecule has 0 unspecified atom stereocenters. The zero-order valence-corrected chi connectivity index (χ0v) is 10.4. The van der Waals surface area contributed by atoms with Crippen molar-refractivity contribution >= 4 is 14.6 Å². The van der Waals surface area contributed by atoms with E-state index in [1.807, 2.05) is 13.8 Å². The summed E-state index contributed by atoms with van der Waals surface area (Å²) in [5.74, 6) is -0.0808. The third-order valence-corrected chi connectivity index (χ3v) is 3.55. The minimum atomic E-state index is -3.49. The van der Waals surface area contributed by atoms with E-state index in [1.54, 1.807) is 13.8 Å². The van der Waals surface area contributed by atoms with Crippen LogP contribution in [-0.2, 0) is 4.79 Å². The average Bonchev–Trinajstić information content (AvgIpc) is 2.00. The standard InChI is InChI=1S/C9H21NO3Si/c1-7(2)5-6-14(12,13)10-9(11)8(3)4/h7-8,12-13H,5-6H2,1-4H3,(H,10,11). The Morgan fingerprint density at radius 2 is 1.79 bits per heavy atom. The van der Waals surface area contributed by atoms with E-state index in [9.17, 15) is 14.4 Å². The Kier molecular flexibility index (Phi) is 5.32. The third kappa shape index (κ3) is 6.12. The second kappa shape index (κ2) is 5.48. The van der Waals surface area contributed by atoms with E-state index >= 15 is 0 Å². The second-order valence-corrected chi connectivity index (χ2v) is 6.78. The van der Waals surface area contributed by atoms with Crippen molar-refractivity contribution in [3.8, 4) is 0 Å². The molecule has 0 bridgehead atoms. The van der Waals surface area contributed by atoms with E-state index in [-0.39, 0.29) is 11.8 Å². The summed E-state index contributed by atoms with van der Waals surface area (Å²) in [6, 6.07) is 0.295. The van der Waals surface area contributed by atoms with Gasteiger partial charge in [-0.05, 0) is 12.3 Å². The molecule has 14 heavy (non-hydrogen) atoms. The van der Waals surface area contributed by atoms with Crippen LogP contribution in [0.2, 0.25) is 6.04 Å².